The van der Waals surface area contributed by atoms with E-state index in [0.717, 1.165) is 0 Å². The highest BCUT2D eigenvalue weighted by atomic mass is 32.1. The van der Waals surface area contributed by atoms with E-state index < -0.39 is 17.4 Å². The molecule has 1 aromatic heterocycles. The van der Waals surface area contributed by atoms with Gasteiger partial charge in [-0.05, 0) is 40.7 Å². The predicted octanol–water partition coefficient (Wildman–Crippen LogP) is 3.25. The van der Waals surface area contributed by atoms with Crippen LogP contribution in [-0.2, 0) is 9.47 Å². The number of aromatic nitrogens is 1. The Morgan fingerprint density at radius 2 is 2.17 bits per heavy atom. The van der Waals surface area contributed by atoms with Gasteiger partial charge in [-0.1, -0.05) is 6.08 Å². The lowest BCUT2D eigenvalue weighted by Gasteiger charge is -2.34. The number of ketones is 1. The van der Waals surface area contributed by atoms with Crippen molar-refractivity contribution in [3.8, 4) is 0 Å². The van der Waals surface area contributed by atoms with Crippen molar-refractivity contribution in [1.82, 2.24) is 9.88 Å². The van der Waals surface area contributed by atoms with Crippen LogP contribution in [0.3, 0.4) is 0 Å². The number of hydrogen-bond acceptors (Lipinski definition) is 6. The molecule has 1 aromatic rings. The molecule has 126 valence electrons. The molecule has 1 aliphatic rings. The van der Waals surface area contributed by atoms with Crippen LogP contribution in [0.4, 0.5) is 4.79 Å². The third-order valence-electron chi connectivity index (χ3n) is 3.22. The van der Waals surface area contributed by atoms with Crippen LogP contribution in [0.15, 0.2) is 23.7 Å². The van der Waals surface area contributed by atoms with Gasteiger partial charge in [0.1, 0.15) is 11.3 Å². The summed E-state index contributed by atoms with van der Waals surface area (Å²) in [6, 6.07) is -0.358. The molecule has 0 aliphatic carbocycles. The van der Waals surface area contributed by atoms with E-state index in [-0.39, 0.29) is 11.8 Å². The van der Waals surface area contributed by atoms with Gasteiger partial charge < -0.3 is 9.47 Å². The van der Waals surface area contributed by atoms with Gasteiger partial charge in [0.15, 0.2) is 5.01 Å². The van der Waals surface area contributed by atoms with E-state index in [2.05, 4.69) is 4.98 Å². The average Bonchev–Trinajstić information content (AvgIpc) is 3.01. The molecule has 0 bridgehead atoms. The summed E-state index contributed by atoms with van der Waals surface area (Å²) in [5, 5.41) is 2.17. The van der Waals surface area contributed by atoms with Crippen LogP contribution < -0.4 is 0 Å². The van der Waals surface area contributed by atoms with Crippen LogP contribution >= 0.6 is 11.3 Å². The molecule has 0 N–H and O–H groups in total. The molecule has 6 nitrogen and oxygen atoms in total. The lowest BCUT2D eigenvalue weighted by atomic mass is 10.2. The fourth-order valence-corrected chi connectivity index (χ4v) is 2.81. The second kappa shape index (κ2) is 6.41. The largest absolute Gasteiger partial charge is 0.444 e. The zero-order chi connectivity index (χ0) is 17.3. The maximum absolute atomic E-state index is 12.5. The monoisotopic (exact) mass is 338 g/mol. The average molecular weight is 338 g/mol. The fraction of sp³-hybridized carbons (Fsp3) is 0.562. The topological polar surface area (TPSA) is 68.7 Å². The van der Waals surface area contributed by atoms with Gasteiger partial charge in [-0.25, -0.2) is 9.78 Å². The van der Waals surface area contributed by atoms with Crippen LogP contribution in [0, 0.1) is 0 Å². The van der Waals surface area contributed by atoms with Crippen molar-refractivity contribution in [2.75, 3.05) is 6.61 Å². The normalized spacial score (nSPS) is 20.9. The fourth-order valence-electron chi connectivity index (χ4n) is 2.26. The molecule has 0 spiro atoms. The first-order valence-corrected chi connectivity index (χ1v) is 8.26. The summed E-state index contributed by atoms with van der Waals surface area (Å²) in [5.41, 5.74) is -1.39. The molecule has 1 atom stereocenters. The van der Waals surface area contributed by atoms with Crippen molar-refractivity contribution in [2.45, 2.75) is 52.0 Å². The number of carbonyl (C=O) groups is 2. The van der Waals surface area contributed by atoms with Gasteiger partial charge in [0.2, 0.25) is 5.78 Å². The van der Waals surface area contributed by atoms with Crippen LogP contribution in [0.25, 0.3) is 0 Å². The third kappa shape index (κ3) is 4.39. The minimum absolute atomic E-state index is 0.186. The summed E-state index contributed by atoms with van der Waals surface area (Å²) in [7, 11) is 0. The number of thiazole rings is 1. The Labute approximate surface area is 140 Å². The van der Waals surface area contributed by atoms with Gasteiger partial charge in [-0.15, -0.1) is 11.3 Å². The summed E-state index contributed by atoms with van der Waals surface area (Å²) in [4.78, 5) is 30.0. The molecular formula is C16H22N2O4S. The van der Waals surface area contributed by atoms with Crippen molar-refractivity contribution in [3.05, 3.63) is 28.7 Å². The van der Waals surface area contributed by atoms with E-state index in [1.807, 2.05) is 20.8 Å². The smallest absolute Gasteiger partial charge is 0.413 e. The number of ether oxygens (including phenoxy) is 2. The summed E-state index contributed by atoms with van der Waals surface area (Å²) >= 11 is 1.28. The highest BCUT2D eigenvalue weighted by Crippen LogP contribution is 2.30. The second-order valence-corrected chi connectivity index (χ2v) is 7.63. The molecule has 23 heavy (non-hydrogen) atoms. The highest BCUT2D eigenvalue weighted by molar-refractivity contribution is 7.11. The maximum atomic E-state index is 12.5. The first-order valence-electron chi connectivity index (χ1n) is 7.38. The third-order valence-corrected chi connectivity index (χ3v) is 4.01. The Morgan fingerprint density at radius 1 is 1.48 bits per heavy atom. The molecule has 0 saturated carbocycles. The van der Waals surface area contributed by atoms with Gasteiger partial charge in [-0.2, -0.15) is 0 Å². The van der Waals surface area contributed by atoms with Crippen molar-refractivity contribution in [3.63, 3.8) is 0 Å². The van der Waals surface area contributed by atoms with Gasteiger partial charge in [-0.3, -0.25) is 9.69 Å². The number of rotatable bonds is 3. The number of hydrogen-bond donors (Lipinski definition) is 0. The maximum Gasteiger partial charge on any atom is 0.413 e. The second-order valence-electron chi connectivity index (χ2n) is 6.74. The standard InChI is InChI=1S/C16H22N2O4S/c1-15(2,3)22-14(20)18-11(10-21-16(18,4)5)6-7-12(19)13-17-8-9-23-13/h6-9,11H,10H2,1-5H3/b7-6+/t11-/m1/s1. The van der Waals surface area contributed by atoms with E-state index in [1.165, 1.54) is 22.3 Å². The Morgan fingerprint density at radius 3 is 2.74 bits per heavy atom. The summed E-state index contributed by atoms with van der Waals surface area (Å²) in [5.74, 6) is -0.186. The van der Waals surface area contributed by atoms with Crippen molar-refractivity contribution in [2.24, 2.45) is 0 Å². The Balaban J connectivity index is 2.14. The first kappa shape index (κ1) is 17.6. The Kier molecular flexibility index (Phi) is 4.91. The Bertz CT molecular complexity index is 602. The minimum atomic E-state index is -0.790. The number of nitrogens with zero attached hydrogens (tertiary/aromatic N) is 2. The molecule has 1 fully saturated rings. The van der Waals surface area contributed by atoms with E-state index in [1.54, 1.807) is 31.5 Å². The molecule has 1 saturated heterocycles. The molecule has 7 heteroatoms. The molecular weight excluding hydrogens is 316 g/mol. The number of carbonyl (C=O) groups excluding carboxylic acids is 2. The summed E-state index contributed by atoms with van der Waals surface area (Å²) < 4.78 is 11.1. The first-order chi connectivity index (χ1) is 10.6. The van der Waals surface area contributed by atoms with Crippen LogP contribution in [0.5, 0.6) is 0 Å². The van der Waals surface area contributed by atoms with Gasteiger partial charge in [0.25, 0.3) is 0 Å². The van der Waals surface area contributed by atoms with Crippen LogP contribution in [0.2, 0.25) is 0 Å². The quantitative estimate of drug-likeness (QED) is 0.625. The van der Waals surface area contributed by atoms with Crippen LogP contribution in [0.1, 0.15) is 44.4 Å². The molecule has 2 rings (SSSR count). The van der Waals surface area contributed by atoms with E-state index in [4.69, 9.17) is 9.47 Å². The molecule has 1 aliphatic heterocycles. The SMILES string of the molecule is CC(C)(C)OC(=O)N1[C@H](/C=C/C(=O)c2nccs2)COC1(C)C. The number of amides is 1. The molecule has 1 amide bonds. The van der Waals surface area contributed by atoms with Gasteiger partial charge in [0.05, 0.1) is 12.6 Å². The van der Waals surface area contributed by atoms with Crippen molar-refractivity contribution >= 4 is 23.2 Å². The van der Waals surface area contributed by atoms with E-state index in [0.29, 0.717) is 11.6 Å². The molecule has 2 heterocycles. The van der Waals surface area contributed by atoms with Crippen molar-refractivity contribution in [1.29, 1.82) is 0 Å². The van der Waals surface area contributed by atoms with E-state index in [9.17, 15) is 9.59 Å². The van der Waals surface area contributed by atoms with E-state index >= 15 is 0 Å². The summed E-state index contributed by atoms with van der Waals surface area (Å²) in [6.07, 6.45) is 4.23. The zero-order valence-electron chi connectivity index (χ0n) is 14.0. The molecule has 0 aromatic carbocycles. The lowest BCUT2D eigenvalue weighted by Crippen LogP contribution is -2.49. The van der Waals surface area contributed by atoms with Crippen LogP contribution in [-0.4, -0.2) is 45.7 Å². The minimum Gasteiger partial charge on any atom is -0.444 e. The summed E-state index contributed by atoms with van der Waals surface area (Å²) in [6.45, 7) is 9.34. The lowest BCUT2D eigenvalue weighted by molar-refractivity contribution is -0.0610. The molecule has 0 radical (unpaired) electrons. The van der Waals surface area contributed by atoms with Gasteiger partial charge >= 0.3 is 6.09 Å². The molecule has 0 unspecified atom stereocenters. The van der Waals surface area contributed by atoms with Gasteiger partial charge in [0, 0.05) is 11.6 Å². The highest BCUT2D eigenvalue weighted by Gasteiger charge is 2.44. The zero-order valence-corrected chi connectivity index (χ0v) is 14.8. The van der Waals surface area contributed by atoms with Crippen molar-refractivity contribution < 1.29 is 19.1 Å². The Hall–Kier alpha value is -1.73. The predicted molar refractivity (Wildman–Crippen MR) is 87.5 cm³/mol. The number of allylic oxidation sites excluding steroid dienone is 1.